The smallest absolute Gasteiger partial charge is 0.333 e. The number of nitrogens with zero attached hydrogens (tertiary/aromatic N) is 2. The number of hydrogen-bond donors (Lipinski definition) is 0. The molecule has 0 fully saturated rings. The molecule has 2 rings (SSSR count). The summed E-state index contributed by atoms with van der Waals surface area (Å²) in [5.74, 6) is -0.682. The first kappa shape index (κ1) is 21.1. The maximum atomic E-state index is 12.9. The summed E-state index contributed by atoms with van der Waals surface area (Å²) >= 11 is 2.77. The molecule has 0 spiro atoms. The van der Waals surface area contributed by atoms with Gasteiger partial charge in [-0.1, -0.05) is 0 Å². The topological polar surface area (TPSA) is 68.6 Å². The molecular weight excluding hydrogens is 384 g/mol. The van der Waals surface area contributed by atoms with Gasteiger partial charge in [0.2, 0.25) is 5.91 Å². The Morgan fingerprint density at radius 3 is 2.44 bits per heavy atom. The van der Waals surface area contributed by atoms with E-state index >= 15 is 0 Å². The lowest BCUT2D eigenvalue weighted by molar-refractivity contribution is -0.135. The number of esters is 1. The number of thiophene rings is 1. The number of ether oxygens (including phenoxy) is 1. The van der Waals surface area contributed by atoms with Gasteiger partial charge in [-0.05, 0) is 45.9 Å². The molecule has 1 amide bonds. The second kappa shape index (κ2) is 9.66. The number of carbonyl (C=O) groups is 2. The molecule has 2 aromatic rings. The standard InChI is InChI=1S/C19H24N2O4S2/c1-5-20(6-2)16(22)12-21-17(11-18(23)25-7-3)27-15(19(21)24)10-14-9-8-13(4)26-14/h8-11H,5-7,12H2,1-4H3/b15-10-,17-11-. The molecule has 27 heavy (non-hydrogen) atoms. The summed E-state index contributed by atoms with van der Waals surface area (Å²) in [6.45, 7) is 8.78. The van der Waals surface area contributed by atoms with Crippen molar-refractivity contribution in [3.05, 3.63) is 41.4 Å². The van der Waals surface area contributed by atoms with Gasteiger partial charge in [0.25, 0.3) is 5.56 Å². The highest BCUT2D eigenvalue weighted by atomic mass is 32.1. The molecule has 2 heterocycles. The first-order chi connectivity index (χ1) is 12.9. The Labute approximate surface area is 166 Å². The molecule has 0 aliphatic heterocycles. The van der Waals surface area contributed by atoms with Crippen LogP contribution in [0.4, 0.5) is 0 Å². The van der Waals surface area contributed by atoms with Crippen LogP contribution in [0.3, 0.4) is 0 Å². The zero-order chi connectivity index (χ0) is 20.0. The molecule has 0 N–H and O–H groups in total. The molecular formula is C19H24N2O4S2. The maximum absolute atomic E-state index is 12.9. The SMILES string of the molecule is CCOC(=O)/C=c1\s/c(=C\c2ccc(C)s2)c(=O)n1CC(=O)N(CC)CC. The van der Waals surface area contributed by atoms with Gasteiger partial charge in [-0.2, -0.15) is 0 Å². The molecule has 0 saturated carbocycles. The van der Waals surface area contributed by atoms with Gasteiger partial charge in [-0.15, -0.1) is 22.7 Å². The predicted molar refractivity (Wildman–Crippen MR) is 109 cm³/mol. The van der Waals surface area contributed by atoms with Crippen LogP contribution in [0.15, 0.2) is 16.9 Å². The zero-order valence-corrected chi connectivity index (χ0v) is 17.6. The lowest BCUT2D eigenvalue weighted by Crippen LogP contribution is -2.40. The number of thiazole rings is 1. The van der Waals surface area contributed by atoms with Crippen LogP contribution < -0.4 is 14.8 Å². The number of rotatable bonds is 7. The Kier molecular flexibility index (Phi) is 7.55. The molecule has 0 saturated heterocycles. The van der Waals surface area contributed by atoms with Crippen molar-refractivity contribution in [2.45, 2.75) is 34.2 Å². The average Bonchev–Trinajstić information content (AvgIpc) is 3.15. The van der Waals surface area contributed by atoms with E-state index in [0.717, 1.165) is 9.75 Å². The van der Waals surface area contributed by atoms with Crippen molar-refractivity contribution in [3.8, 4) is 0 Å². The Morgan fingerprint density at radius 1 is 1.19 bits per heavy atom. The number of aromatic nitrogens is 1. The molecule has 0 unspecified atom stereocenters. The van der Waals surface area contributed by atoms with Crippen LogP contribution in [0, 0.1) is 6.92 Å². The average molecular weight is 409 g/mol. The fraction of sp³-hybridized carbons (Fsp3) is 0.421. The zero-order valence-electron chi connectivity index (χ0n) is 16.0. The molecule has 0 aliphatic rings. The van der Waals surface area contributed by atoms with E-state index < -0.39 is 5.97 Å². The van der Waals surface area contributed by atoms with Gasteiger partial charge < -0.3 is 9.64 Å². The lowest BCUT2D eigenvalue weighted by atomic mass is 10.4. The molecule has 0 aliphatic carbocycles. The summed E-state index contributed by atoms with van der Waals surface area (Å²) in [6, 6.07) is 3.93. The quantitative estimate of drug-likeness (QED) is 0.648. The summed E-state index contributed by atoms with van der Waals surface area (Å²) in [5.41, 5.74) is -0.276. The van der Waals surface area contributed by atoms with E-state index in [1.807, 2.05) is 32.9 Å². The Balaban J connectivity index is 2.55. The first-order valence-corrected chi connectivity index (χ1v) is 10.5. The van der Waals surface area contributed by atoms with Crippen LogP contribution in [0.5, 0.6) is 0 Å². The van der Waals surface area contributed by atoms with E-state index in [1.165, 1.54) is 22.0 Å². The summed E-state index contributed by atoms with van der Waals surface area (Å²) in [7, 11) is 0. The number of hydrogen-bond acceptors (Lipinski definition) is 6. The molecule has 2 aromatic heterocycles. The molecule has 0 atom stereocenters. The maximum Gasteiger partial charge on any atom is 0.333 e. The van der Waals surface area contributed by atoms with Crippen LogP contribution in [-0.2, 0) is 20.9 Å². The number of aryl methyl sites for hydroxylation is 1. The van der Waals surface area contributed by atoms with Gasteiger partial charge in [0, 0.05) is 22.8 Å². The minimum Gasteiger partial charge on any atom is -0.463 e. The molecule has 0 aromatic carbocycles. The Bertz CT molecular complexity index is 980. The summed E-state index contributed by atoms with van der Waals surface area (Å²) in [4.78, 5) is 41.0. The molecule has 8 heteroatoms. The van der Waals surface area contributed by atoms with E-state index in [2.05, 4.69) is 0 Å². The minimum absolute atomic E-state index is 0.0977. The second-order valence-electron chi connectivity index (χ2n) is 5.75. The van der Waals surface area contributed by atoms with Crippen molar-refractivity contribution in [2.24, 2.45) is 0 Å². The van der Waals surface area contributed by atoms with Crippen LogP contribution in [0.1, 0.15) is 30.5 Å². The largest absolute Gasteiger partial charge is 0.463 e. The first-order valence-electron chi connectivity index (χ1n) is 8.83. The summed E-state index contributed by atoms with van der Waals surface area (Å²) < 4.78 is 7.22. The highest BCUT2D eigenvalue weighted by Crippen LogP contribution is 2.15. The highest BCUT2D eigenvalue weighted by Gasteiger charge is 2.14. The number of likely N-dealkylation sites (N-methyl/N-ethyl adjacent to an activating group) is 1. The molecule has 0 bridgehead atoms. The normalized spacial score (nSPS) is 12.4. The van der Waals surface area contributed by atoms with Gasteiger partial charge in [0.1, 0.15) is 11.2 Å². The van der Waals surface area contributed by atoms with E-state index in [9.17, 15) is 14.4 Å². The van der Waals surface area contributed by atoms with Crippen LogP contribution in [0.25, 0.3) is 12.2 Å². The van der Waals surface area contributed by atoms with Gasteiger partial charge in [-0.25, -0.2) is 4.79 Å². The second-order valence-corrected chi connectivity index (χ2v) is 8.13. The van der Waals surface area contributed by atoms with Crippen molar-refractivity contribution in [1.29, 1.82) is 0 Å². The van der Waals surface area contributed by atoms with Crippen molar-refractivity contribution in [2.75, 3.05) is 19.7 Å². The van der Waals surface area contributed by atoms with Gasteiger partial charge in [0.15, 0.2) is 0 Å². The van der Waals surface area contributed by atoms with E-state index in [0.29, 0.717) is 22.3 Å². The van der Waals surface area contributed by atoms with Gasteiger partial charge in [-0.3, -0.25) is 14.2 Å². The fourth-order valence-corrected chi connectivity index (χ4v) is 4.47. The third-order valence-corrected chi connectivity index (χ3v) is 5.92. The van der Waals surface area contributed by atoms with E-state index in [-0.39, 0.29) is 24.6 Å². The Hall–Kier alpha value is -2.19. The van der Waals surface area contributed by atoms with Crippen molar-refractivity contribution in [3.63, 3.8) is 0 Å². The summed E-state index contributed by atoms with van der Waals surface area (Å²) in [5, 5.41) is 0. The van der Waals surface area contributed by atoms with Crippen molar-refractivity contribution < 1.29 is 14.3 Å². The molecule has 0 radical (unpaired) electrons. The molecule has 6 nitrogen and oxygen atoms in total. The Morgan fingerprint density at radius 2 is 1.89 bits per heavy atom. The fourth-order valence-electron chi connectivity index (χ4n) is 2.55. The predicted octanol–water partition coefficient (Wildman–Crippen LogP) is 1.32. The third kappa shape index (κ3) is 5.40. The van der Waals surface area contributed by atoms with E-state index in [4.69, 9.17) is 4.74 Å². The number of carbonyl (C=O) groups excluding carboxylic acids is 2. The highest BCUT2D eigenvalue weighted by molar-refractivity contribution is 7.13. The van der Waals surface area contributed by atoms with E-state index in [1.54, 1.807) is 29.2 Å². The van der Waals surface area contributed by atoms with Crippen LogP contribution in [-0.4, -0.2) is 41.0 Å². The van der Waals surface area contributed by atoms with Crippen molar-refractivity contribution >= 4 is 46.7 Å². The van der Waals surface area contributed by atoms with Gasteiger partial charge in [0.05, 0.1) is 17.2 Å². The van der Waals surface area contributed by atoms with Crippen LogP contribution in [0.2, 0.25) is 0 Å². The minimum atomic E-state index is -0.527. The monoisotopic (exact) mass is 408 g/mol. The third-order valence-electron chi connectivity index (χ3n) is 3.91. The number of amides is 1. The summed E-state index contributed by atoms with van der Waals surface area (Å²) in [6.07, 6.45) is 3.08. The van der Waals surface area contributed by atoms with Crippen LogP contribution >= 0.6 is 22.7 Å². The van der Waals surface area contributed by atoms with Crippen molar-refractivity contribution in [1.82, 2.24) is 9.47 Å². The molecule has 146 valence electrons. The van der Waals surface area contributed by atoms with Gasteiger partial charge >= 0.3 is 5.97 Å². The lowest BCUT2D eigenvalue weighted by Gasteiger charge is -2.18.